The molecule has 3 rings (SSSR count). The summed E-state index contributed by atoms with van der Waals surface area (Å²) < 4.78 is 7.38. The van der Waals surface area contributed by atoms with E-state index in [0.29, 0.717) is 25.0 Å². The van der Waals surface area contributed by atoms with Gasteiger partial charge in [-0.25, -0.2) is 9.78 Å². The van der Waals surface area contributed by atoms with Gasteiger partial charge in [0.25, 0.3) is 0 Å². The third-order valence-electron chi connectivity index (χ3n) is 3.73. The number of carbonyl (C=O) groups is 1. The van der Waals surface area contributed by atoms with Crippen molar-refractivity contribution in [1.29, 1.82) is 0 Å². The maximum atomic E-state index is 11.9. The molecule has 6 nitrogen and oxygen atoms in total. The Morgan fingerprint density at radius 1 is 1.36 bits per heavy atom. The Labute approximate surface area is 129 Å². The number of anilines is 1. The highest BCUT2D eigenvalue weighted by Gasteiger charge is 2.34. The summed E-state index contributed by atoms with van der Waals surface area (Å²) in [6.07, 6.45) is -0.243. The number of imidazole rings is 1. The van der Waals surface area contributed by atoms with Gasteiger partial charge in [0.15, 0.2) is 0 Å². The number of nitrogens with zero attached hydrogens (tertiary/aromatic N) is 3. The summed E-state index contributed by atoms with van der Waals surface area (Å²) in [5.41, 5.74) is 7.50. The average Bonchev–Trinajstić information content (AvgIpc) is 2.67. The molecule has 6 heteroatoms. The number of amides is 1. The molecule has 2 N–H and O–H groups in total. The fourth-order valence-corrected chi connectivity index (χ4v) is 2.71. The Hall–Kier alpha value is -2.24. The predicted molar refractivity (Wildman–Crippen MR) is 85.4 cm³/mol. The van der Waals surface area contributed by atoms with E-state index in [1.807, 2.05) is 49.6 Å². The van der Waals surface area contributed by atoms with E-state index in [0.717, 1.165) is 17.6 Å². The number of hydrogen-bond donors (Lipinski definition) is 1. The van der Waals surface area contributed by atoms with Crippen LogP contribution < -0.4 is 5.73 Å². The van der Waals surface area contributed by atoms with Gasteiger partial charge in [-0.2, -0.15) is 0 Å². The van der Waals surface area contributed by atoms with E-state index in [4.69, 9.17) is 10.5 Å². The quantitative estimate of drug-likeness (QED) is 0.925. The molecule has 1 aliphatic rings. The highest BCUT2D eigenvalue weighted by molar-refractivity contribution is 5.78. The SMILES string of the molecule is CC(C)(C)OC(=O)N1CC(Cn2c(N)nc3ccccc32)C1. The number of para-hydroxylation sites is 2. The van der Waals surface area contributed by atoms with Crippen LogP contribution in [-0.2, 0) is 11.3 Å². The molecule has 0 atom stereocenters. The van der Waals surface area contributed by atoms with Crippen molar-refractivity contribution in [3.63, 3.8) is 0 Å². The maximum Gasteiger partial charge on any atom is 0.410 e. The number of benzene rings is 1. The molecule has 1 aliphatic heterocycles. The van der Waals surface area contributed by atoms with Crippen LogP contribution in [0.2, 0.25) is 0 Å². The summed E-state index contributed by atoms with van der Waals surface area (Å²) in [7, 11) is 0. The number of nitrogens with two attached hydrogens (primary N) is 1. The van der Waals surface area contributed by atoms with Gasteiger partial charge in [-0.1, -0.05) is 12.1 Å². The number of rotatable bonds is 2. The van der Waals surface area contributed by atoms with Crippen LogP contribution in [-0.4, -0.2) is 39.2 Å². The van der Waals surface area contributed by atoms with Gasteiger partial charge < -0.3 is 19.9 Å². The number of carbonyl (C=O) groups excluding carboxylic acids is 1. The molecule has 0 unspecified atom stereocenters. The normalized spacial score (nSPS) is 15.9. The fourth-order valence-electron chi connectivity index (χ4n) is 2.71. The minimum Gasteiger partial charge on any atom is -0.444 e. The van der Waals surface area contributed by atoms with Gasteiger partial charge in [-0.05, 0) is 32.9 Å². The Kier molecular flexibility index (Phi) is 3.47. The molecule has 22 heavy (non-hydrogen) atoms. The molecule has 0 spiro atoms. The van der Waals surface area contributed by atoms with Gasteiger partial charge in [-0.15, -0.1) is 0 Å². The second-order valence-corrected chi connectivity index (χ2v) is 6.82. The van der Waals surface area contributed by atoms with Crippen LogP contribution in [0.4, 0.5) is 10.7 Å². The number of fused-ring (bicyclic) bond motifs is 1. The Morgan fingerprint density at radius 2 is 2.05 bits per heavy atom. The van der Waals surface area contributed by atoms with Gasteiger partial charge in [-0.3, -0.25) is 0 Å². The number of hydrogen-bond acceptors (Lipinski definition) is 4. The Morgan fingerprint density at radius 3 is 2.73 bits per heavy atom. The van der Waals surface area contributed by atoms with E-state index in [1.54, 1.807) is 4.90 Å². The zero-order valence-corrected chi connectivity index (χ0v) is 13.2. The van der Waals surface area contributed by atoms with Crippen molar-refractivity contribution in [3.8, 4) is 0 Å². The molecule has 1 aromatic heterocycles. The van der Waals surface area contributed by atoms with E-state index < -0.39 is 5.60 Å². The van der Waals surface area contributed by atoms with Crippen molar-refractivity contribution in [2.24, 2.45) is 5.92 Å². The highest BCUT2D eigenvalue weighted by atomic mass is 16.6. The monoisotopic (exact) mass is 302 g/mol. The maximum absolute atomic E-state index is 11.9. The molecule has 2 heterocycles. The van der Waals surface area contributed by atoms with Crippen LogP contribution >= 0.6 is 0 Å². The van der Waals surface area contributed by atoms with Gasteiger partial charge in [0.1, 0.15) is 5.60 Å². The van der Waals surface area contributed by atoms with Crippen LogP contribution in [0.1, 0.15) is 20.8 Å². The molecule has 0 radical (unpaired) electrons. The molecule has 1 amide bonds. The highest BCUT2D eigenvalue weighted by Crippen LogP contribution is 2.24. The van der Waals surface area contributed by atoms with Gasteiger partial charge in [0.05, 0.1) is 11.0 Å². The van der Waals surface area contributed by atoms with Crippen molar-refractivity contribution in [3.05, 3.63) is 24.3 Å². The number of ether oxygens (including phenoxy) is 1. The van der Waals surface area contributed by atoms with Gasteiger partial charge in [0.2, 0.25) is 5.95 Å². The summed E-state index contributed by atoms with van der Waals surface area (Å²) >= 11 is 0. The third kappa shape index (κ3) is 2.86. The minimum atomic E-state index is -0.451. The number of likely N-dealkylation sites (tertiary alicyclic amines) is 1. The lowest BCUT2D eigenvalue weighted by atomic mass is 10.0. The lowest BCUT2D eigenvalue weighted by molar-refractivity contribution is -0.00308. The Bertz CT molecular complexity index is 696. The summed E-state index contributed by atoms with van der Waals surface area (Å²) in [4.78, 5) is 18.0. The molecule has 118 valence electrons. The van der Waals surface area contributed by atoms with Crippen molar-refractivity contribution in [1.82, 2.24) is 14.5 Å². The zero-order valence-electron chi connectivity index (χ0n) is 13.2. The molecule has 0 aliphatic carbocycles. The smallest absolute Gasteiger partial charge is 0.410 e. The molecular weight excluding hydrogens is 280 g/mol. The first-order valence-corrected chi connectivity index (χ1v) is 7.52. The Balaban J connectivity index is 1.62. The van der Waals surface area contributed by atoms with Crippen molar-refractivity contribution in [2.45, 2.75) is 32.9 Å². The van der Waals surface area contributed by atoms with Gasteiger partial charge in [0, 0.05) is 25.6 Å². The van der Waals surface area contributed by atoms with Crippen LogP contribution in [0.5, 0.6) is 0 Å². The second-order valence-electron chi connectivity index (χ2n) is 6.82. The molecule has 1 fully saturated rings. The van der Waals surface area contributed by atoms with E-state index in [2.05, 4.69) is 4.98 Å². The molecule has 0 bridgehead atoms. The van der Waals surface area contributed by atoms with Crippen molar-refractivity contribution < 1.29 is 9.53 Å². The van der Waals surface area contributed by atoms with Crippen LogP contribution in [0.15, 0.2) is 24.3 Å². The predicted octanol–water partition coefficient (Wildman–Crippen LogP) is 2.49. The lowest BCUT2D eigenvalue weighted by Crippen LogP contribution is -2.52. The average molecular weight is 302 g/mol. The van der Waals surface area contributed by atoms with Crippen molar-refractivity contribution in [2.75, 3.05) is 18.8 Å². The topological polar surface area (TPSA) is 73.4 Å². The van der Waals surface area contributed by atoms with Crippen molar-refractivity contribution >= 4 is 23.1 Å². The van der Waals surface area contributed by atoms with Gasteiger partial charge >= 0.3 is 6.09 Å². The fraction of sp³-hybridized carbons (Fsp3) is 0.500. The standard InChI is InChI=1S/C16H22N4O2/c1-16(2,3)22-15(21)19-8-11(9-19)10-20-13-7-5-4-6-12(13)18-14(20)17/h4-7,11H,8-10H2,1-3H3,(H2,17,18). The first-order chi connectivity index (χ1) is 10.3. The largest absolute Gasteiger partial charge is 0.444 e. The summed E-state index contributed by atoms with van der Waals surface area (Å²) in [6, 6.07) is 7.90. The first kappa shape index (κ1) is 14.7. The van der Waals surface area contributed by atoms with E-state index in [1.165, 1.54) is 0 Å². The summed E-state index contributed by atoms with van der Waals surface area (Å²) in [5.74, 6) is 0.907. The van der Waals surface area contributed by atoms with Crippen LogP contribution in [0, 0.1) is 5.92 Å². The number of nitrogen functional groups attached to an aromatic ring is 1. The molecule has 2 aromatic rings. The minimum absolute atomic E-state index is 0.243. The van der Waals surface area contributed by atoms with E-state index in [-0.39, 0.29) is 6.09 Å². The number of aromatic nitrogens is 2. The second kappa shape index (κ2) is 5.19. The van der Waals surface area contributed by atoms with Crippen LogP contribution in [0.3, 0.4) is 0 Å². The third-order valence-corrected chi connectivity index (χ3v) is 3.73. The first-order valence-electron chi connectivity index (χ1n) is 7.52. The lowest BCUT2D eigenvalue weighted by Gasteiger charge is -2.40. The van der Waals surface area contributed by atoms with E-state index >= 15 is 0 Å². The zero-order chi connectivity index (χ0) is 15.9. The molecule has 0 saturated carbocycles. The van der Waals surface area contributed by atoms with E-state index in [9.17, 15) is 4.79 Å². The molecular formula is C16H22N4O2. The molecule has 1 saturated heterocycles. The summed E-state index contributed by atoms with van der Waals surface area (Å²) in [5, 5.41) is 0. The molecule has 1 aromatic carbocycles. The summed E-state index contributed by atoms with van der Waals surface area (Å²) in [6.45, 7) is 7.79. The van der Waals surface area contributed by atoms with Crippen LogP contribution in [0.25, 0.3) is 11.0 Å².